The summed E-state index contributed by atoms with van der Waals surface area (Å²) in [5.41, 5.74) is 1.24. The van der Waals surface area contributed by atoms with Gasteiger partial charge in [0.05, 0.1) is 22.5 Å². The quantitative estimate of drug-likeness (QED) is 0.373. The highest BCUT2D eigenvalue weighted by Crippen LogP contribution is 2.30. The summed E-state index contributed by atoms with van der Waals surface area (Å²) in [5.74, 6) is -0.194. The maximum atomic E-state index is 13.3. The van der Waals surface area contributed by atoms with Crippen LogP contribution in [0, 0.1) is 5.82 Å². The summed E-state index contributed by atoms with van der Waals surface area (Å²) in [6.07, 6.45) is -1.60. The van der Waals surface area contributed by atoms with Crippen LogP contribution in [0.5, 0.6) is 0 Å². The van der Waals surface area contributed by atoms with E-state index in [9.17, 15) is 22.4 Å². The minimum Gasteiger partial charge on any atom is -0.321 e. The average molecular weight is 468 g/mol. The molecule has 0 aliphatic carbocycles. The van der Waals surface area contributed by atoms with Crippen LogP contribution >= 0.6 is 0 Å². The van der Waals surface area contributed by atoms with Crippen LogP contribution in [0.2, 0.25) is 0 Å². The molecule has 4 heterocycles. The average Bonchev–Trinajstić information content (AvgIpc) is 3.39. The number of nitrogens with zero attached hydrogens (tertiary/aromatic N) is 4. The molecule has 0 aliphatic rings. The molecule has 0 radical (unpaired) electrons. The lowest BCUT2D eigenvalue weighted by Crippen LogP contribution is -2.19. The fourth-order valence-corrected chi connectivity index (χ4v) is 3.63. The van der Waals surface area contributed by atoms with Crippen molar-refractivity contribution in [2.24, 2.45) is 0 Å². The highest BCUT2D eigenvalue weighted by atomic mass is 19.4. The van der Waals surface area contributed by atoms with Crippen LogP contribution in [0.3, 0.4) is 0 Å². The molecule has 0 atom stereocenters. The van der Waals surface area contributed by atoms with E-state index in [2.05, 4.69) is 25.0 Å². The van der Waals surface area contributed by atoms with Crippen LogP contribution in [0.15, 0.2) is 65.7 Å². The summed E-state index contributed by atoms with van der Waals surface area (Å²) < 4.78 is 53.4. The van der Waals surface area contributed by atoms with Gasteiger partial charge in [-0.15, -0.1) is 0 Å². The monoisotopic (exact) mass is 468 g/mol. The summed E-state index contributed by atoms with van der Waals surface area (Å²) in [4.78, 5) is 28.7. The first-order valence-corrected chi connectivity index (χ1v) is 10.2. The Hall–Kier alpha value is -4.28. The van der Waals surface area contributed by atoms with Gasteiger partial charge in [0.15, 0.2) is 5.65 Å². The molecule has 172 valence electrons. The Morgan fingerprint density at radius 3 is 2.44 bits per heavy atom. The van der Waals surface area contributed by atoms with Crippen LogP contribution in [0.4, 0.5) is 17.6 Å². The number of aromatic nitrogens is 6. The number of fused-ring (bicyclic) bond motifs is 1. The van der Waals surface area contributed by atoms with E-state index in [0.717, 1.165) is 17.8 Å². The lowest BCUT2D eigenvalue weighted by atomic mass is 10.0. The van der Waals surface area contributed by atoms with E-state index in [4.69, 9.17) is 0 Å². The summed E-state index contributed by atoms with van der Waals surface area (Å²) in [5, 5.41) is 2.93. The Kier molecular flexibility index (Phi) is 5.23. The van der Waals surface area contributed by atoms with Crippen LogP contribution in [0.1, 0.15) is 16.7 Å². The van der Waals surface area contributed by atoms with Crippen LogP contribution in [-0.2, 0) is 19.0 Å². The zero-order valence-electron chi connectivity index (χ0n) is 17.4. The molecule has 0 bridgehead atoms. The summed E-state index contributed by atoms with van der Waals surface area (Å²) in [6, 6.07) is 11.5. The normalized spacial score (nSPS) is 11.9. The zero-order valence-corrected chi connectivity index (χ0v) is 17.4. The maximum Gasteiger partial charge on any atom is 0.417 e. The second-order valence-corrected chi connectivity index (χ2v) is 7.60. The number of H-pyrrole nitrogens is 2. The van der Waals surface area contributed by atoms with E-state index >= 15 is 0 Å². The van der Waals surface area contributed by atoms with Crippen molar-refractivity contribution in [3.63, 3.8) is 0 Å². The van der Waals surface area contributed by atoms with Gasteiger partial charge in [-0.05, 0) is 54.8 Å². The first-order valence-electron chi connectivity index (χ1n) is 10.2. The van der Waals surface area contributed by atoms with Gasteiger partial charge < -0.3 is 4.98 Å². The van der Waals surface area contributed by atoms with Gasteiger partial charge in [-0.25, -0.2) is 9.37 Å². The number of pyridine rings is 2. The van der Waals surface area contributed by atoms with Crippen molar-refractivity contribution in [1.82, 2.24) is 29.7 Å². The van der Waals surface area contributed by atoms with Gasteiger partial charge in [0.1, 0.15) is 5.82 Å². The number of aryl methyl sites for hydroxylation is 1. The molecule has 5 rings (SSSR count). The topological polar surface area (TPSA) is 92.2 Å². The SMILES string of the molecule is O=c1c(CCc2ccc(F)cc2)c(-c2ccc(C(F)(F)F)cn2)[nH]n1-c1nc2ncccc2[nH]1. The molecular formula is C23H16F4N6O. The smallest absolute Gasteiger partial charge is 0.321 e. The van der Waals surface area contributed by atoms with Crippen LogP contribution in [0.25, 0.3) is 28.5 Å². The van der Waals surface area contributed by atoms with E-state index in [1.165, 1.54) is 22.9 Å². The maximum absolute atomic E-state index is 13.3. The molecule has 5 aromatic rings. The molecule has 34 heavy (non-hydrogen) atoms. The number of aromatic amines is 2. The summed E-state index contributed by atoms with van der Waals surface area (Å²) in [6.45, 7) is 0. The minimum absolute atomic E-state index is 0.173. The third-order valence-corrected chi connectivity index (χ3v) is 5.37. The molecular weight excluding hydrogens is 452 g/mol. The predicted octanol–water partition coefficient (Wildman–Crippen LogP) is 4.44. The number of nitrogens with one attached hydrogen (secondary N) is 2. The largest absolute Gasteiger partial charge is 0.417 e. The third-order valence-electron chi connectivity index (χ3n) is 5.37. The first kappa shape index (κ1) is 21.6. The molecule has 0 aliphatic heterocycles. The van der Waals surface area contributed by atoms with E-state index in [-0.39, 0.29) is 29.6 Å². The molecule has 0 unspecified atom stereocenters. The minimum atomic E-state index is -4.53. The van der Waals surface area contributed by atoms with Crippen molar-refractivity contribution in [3.05, 3.63) is 93.8 Å². The highest BCUT2D eigenvalue weighted by Gasteiger charge is 2.31. The van der Waals surface area contributed by atoms with E-state index < -0.39 is 17.3 Å². The van der Waals surface area contributed by atoms with Gasteiger partial charge in [-0.2, -0.15) is 22.8 Å². The Morgan fingerprint density at radius 2 is 1.76 bits per heavy atom. The van der Waals surface area contributed by atoms with Gasteiger partial charge in [0.25, 0.3) is 5.56 Å². The predicted molar refractivity (Wildman–Crippen MR) is 116 cm³/mol. The number of rotatable bonds is 5. The van der Waals surface area contributed by atoms with E-state index in [1.54, 1.807) is 30.5 Å². The van der Waals surface area contributed by atoms with Crippen molar-refractivity contribution in [3.8, 4) is 17.3 Å². The zero-order chi connectivity index (χ0) is 23.9. The van der Waals surface area contributed by atoms with E-state index in [0.29, 0.717) is 23.1 Å². The van der Waals surface area contributed by atoms with Gasteiger partial charge >= 0.3 is 6.18 Å². The summed E-state index contributed by atoms with van der Waals surface area (Å²) >= 11 is 0. The molecule has 11 heteroatoms. The van der Waals surface area contributed by atoms with Gasteiger partial charge in [-0.3, -0.25) is 14.9 Å². The highest BCUT2D eigenvalue weighted by molar-refractivity contribution is 5.71. The number of imidazole rings is 1. The number of halogens is 4. The second-order valence-electron chi connectivity index (χ2n) is 7.60. The molecule has 7 nitrogen and oxygen atoms in total. The van der Waals surface area contributed by atoms with Gasteiger partial charge in [-0.1, -0.05) is 12.1 Å². The molecule has 0 fully saturated rings. The lowest BCUT2D eigenvalue weighted by molar-refractivity contribution is -0.137. The van der Waals surface area contributed by atoms with Gasteiger partial charge in [0, 0.05) is 18.0 Å². The second kappa shape index (κ2) is 8.25. The molecule has 2 N–H and O–H groups in total. The van der Waals surface area contributed by atoms with Crippen molar-refractivity contribution >= 4 is 11.2 Å². The fourth-order valence-electron chi connectivity index (χ4n) is 3.63. The Bertz CT molecular complexity index is 1480. The van der Waals surface area contributed by atoms with Crippen molar-refractivity contribution in [1.29, 1.82) is 0 Å². The number of hydrogen-bond acceptors (Lipinski definition) is 4. The number of hydrogen-bond donors (Lipinski definition) is 2. The molecule has 0 saturated carbocycles. The summed E-state index contributed by atoms with van der Waals surface area (Å²) in [7, 11) is 0. The third kappa shape index (κ3) is 4.07. The molecule has 1 aromatic carbocycles. The van der Waals surface area contributed by atoms with Gasteiger partial charge in [0.2, 0.25) is 5.95 Å². The van der Waals surface area contributed by atoms with Crippen molar-refractivity contribution in [2.75, 3.05) is 0 Å². The van der Waals surface area contributed by atoms with Crippen molar-refractivity contribution < 1.29 is 17.6 Å². The molecule has 0 saturated heterocycles. The van der Waals surface area contributed by atoms with E-state index in [1.807, 2.05) is 0 Å². The number of benzene rings is 1. The standard InChI is InChI=1S/C23H16F4N6O/c24-15-7-3-13(4-8-15)5-9-16-19(17-10-6-14(12-29-17)23(25,26)27)32-33(21(16)34)22-30-18-2-1-11-28-20(18)31-22/h1-4,6-8,10-12,32H,5,9H2,(H,28,30,31). The molecule has 0 spiro atoms. The molecule has 0 amide bonds. The van der Waals surface area contributed by atoms with Crippen LogP contribution < -0.4 is 5.56 Å². The lowest BCUT2D eigenvalue weighted by Gasteiger charge is -2.07. The Morgan fingerprint density at radius 1 is 0.971 bits per heavy atom. The fraction of sp³-hybridized carbons (Fsp3) is 0.130. The number of alkyl halides is 3. The Balaban J connectivity index is 1.58. The van der Waals surface area contributed by atoms with Crippen molar-refractivity contribution in [2.45, 2.75) is 19.0 Å². The Labute approximate surface area is 189 Å². The first-order chi connectivity index (χ1) is 16.3. The molecule has 4 aromatic heterocycles. The van der Waals surface area contributed by atoms with Crippen LogP contribution in [-0.4, -0.2) is 29.7 Å².